The van der Waals surface area contributed by atoms with Gasteiger partial charge in [0.2, 0.25) is 0 Å². The van der Waals surface area contributed by atoms with Crippen LogP contribution in [0.4, 0.5) is 29.5 Å². The van der Waals surface area contributed by atoms with Crippen molar-refractivity contribution in [2.24, 2.45) is 0 Å². The van der Waals surface area contributed by atoms with Crippen molar-refractivity contribution in [2.45, 2.75) is 31.1 Å². The second kappa shape index (κ2) is 11.1. The third kappa shape index (κ3) is 6.53. The van der Waals surface area contributed by atoms with Crippen molar-refractivity contribution >= 4 is 23.4 Å². The Hall–Kier alpha value is -4.08. The van der Waals surface area contributed by atoms with Crippen molar-refractivity contribution in [3.8, 4) is 0 Å². The molecule has 3 N–H and O–H groups in total. The molecule has 2 aromatic carbocycles. The fraction of sp³-hybridized carbons (Fsp3) is 0.269. The number of nitrogens with zero attached hydrogens (tertiary/aromatic N) is 2. The normalized spacial score (nSPS) is 15.1. The lowest BCUT2D eigenvalue weighted by Gasteiger charge is -2.33. The average molecular weight is 498 g/mol. The second-order valence-corrected chi connectivity index (χ2v) is 8.48. The predicted molar refractivity (Wildman–Crippen MR) is 130 cm³/mol. The summed E-state index contributed by atoms with van der Waals surface area (Å²) in [5.74, 6) is 0.0957. The van der Waals surface area contributed by atoms with Crippen LogP contribution in [0.5, 0.6) is 0 Å². The molecule has 0 bridgehead atoms. The van der Waals surface area contributed by atoms with E-state index >= 15 is 0 Å². The molecule has 1 atom stereocenters. The molecular formula is C26H26F3N5O2. The van der Waals surface area contributed by atoms with E-state index < -0.39 is 23.8 Å². The molecule has 1 aliphatic rings. The van der Waals surface area contributed by atoms with Crippen molar-refractivity contribution in [1.29, 1.82) is 0 Å². The van der Waals surface area contributed by atoms with Gasteiger partial charge in [0.1, 0.15) is 11.9 Å². The molecule has 2 heterocycles. The zero-order chi connectivity index (χ0) is 25.5. The molecule has 3 aromatic rings. The lowest BCUT2D eigenvalue weighted by atomic mass is 10.0. The molecule has 0 radical (unpaired) electrons. The third-order valence-electron chi connectivity index (χ3n) is 5.94. The summed E-state index contributed by atoms with van der Waals surface area (Å²) in [5.41, 5.74) is 0.475. The lowest BCUT2D eigenvalue weighted by Crippen LogP contribution is -2.50. The Kier molecular flexibility index (Phi) is 7.72. The summed E-state index contributed by atoms with van der Waals surface area (Å²) in [4.78, 5) is 31.6. The van der Waals surface area contributed by atoms with Gasteiger partial charge in [-0.1, -0.05) is 48.5 Å². The number of hydrogen-bond acceptors (Lipinski definition) is 4. The second-order valence-electron chi connectivity index (χ2n) is 8.48. The van der Waals surface area contributed by atoms with Crippen LogP contribution in [-0.4, -0.2) is 36.1 Å². The quantitative estimate of drug-likeness (QED) is 0.459. The van der Waals surface area contributed by atoms with Gasteiger partial charge in [0.25, 0.3) is 5.91 Å². The Bertz CT molecular complexity index is 1150. The maximum Gasteiger partial charge on any atom is 0.417 e. The topological polar surface area (TPSA) is 86.4 Å². The maximum absolute atomic E-state index is 13.0. The first kappa shape index (κ1) is 25.0. The number of hydrogen-bond donors (Lipinski definition) is 3. The van der Waals surface area contributed by atoms with E-state index in [1.165, 1.54) is 6.07 Å². The Labute approximate surface area is 206 Å². The van der Waals surface area contributed by atoms with Gasteiger partial charge in [-0.25, -0.2) is 9.78 Å². The number of pyridine rings is 1. The number of carbonyl (C=O) groups excluding carboxylic acids is 2. The number of halogens is 3. The first-order valence-corrected chi connectivity index (χ1v) is 11.6. The van der Waals surface area contributed by atoms with Crippen LogP contribution in [0.1, 0.15) is 30.0 Å². The van der Waals surface area contributed by atoms with E-state index in [0.29, 0.717) is 43.0 Å². The van der Waals surface area contributed by atoms with E-state index in [0.717, 1.165) is 12.3 Å². The van der Waals surface area contributed by atoms with Gasteiger partial charge in [-0.15, -0.1) is 0 Å². The number of benzene rings is 2. The number of alkyl halides is 3. The first-order valence-electron chi connectivity index (χ1n) is 11.6. The number of aromatic nitrogens is 1. The third-order valence-corrected chi connectivity index (χ3v) is 5.94. The summed E-state index contributed by atoms with van der Waals surface area (Å²) >= 11 is 0. The Morgan fingerprint density at radius 1 is 0.917 bits per heavy atom. The highest BCUT2D eigenvalue weighted by molar-refractivity contribution is 5.97. The molecule has 3 amide bonds. The van der Waals surface area contributed by atoms with Crippen LogP contribution >= 0.6 is 0 Å². The van der Waals surface area contributed by atoms with Crippen molar-refractivity contribution in [3.63, 3.8) is 0 Å². The molecule has 0 spiro atoms. The number of anilines is 2. The van der Waals surface area contributed by atoms with E-state index in [2.05, 4.69) is 20.9 Å². The van der Waals surface area contributed by atoms with Gasteiger partial charge >= 0.3 is 12.2 Å². The minimum absolute atomic E-state index is 0.149. The number of para-hydroxylation sites is 1. The van der Waals surface area contributed by atoms with Crippen LogP contribution in [0.2, 0.25) is 0 Å². The summed E-state index contributed by atoms with van der Waals surface area (Å²) in [5, 5.41) is 8.50. The van der Waals surface area contributed by atoms with Crippen molar-refractivity contribution in [1.82, 2.24) is 15.6 Å². The first-order chi connectivity index (χ1) is 17.3. The van der Waals surface area contributed by atoms with Crippen molar-refractivity contribution in [3.05, 3.63) is 90.1 Å². The molecule has 7 nitrogen and oxygen atoms in total. The summed E-state index contributed by atoms with van der Waals surface area (Å²) in [6.07, 6.45) is -2.42. The van der Waals surface area contributed by atoms with Crippen molar-refractivity contribution < 1.29 is 22.8 Å². The molecule has 1 fully saturated rings. The molecule has 0 saturated carbocycles. The van der Waals surface area contributed by atoms with Crippen molar-refractivity contribution in [2.75, 3.05) is 23.3 Å². The van der Waals surface area contributed by atoms with E-state index in [-0.39, 0.29) is 11.9 Å². The standard InChI is InChI=1S/C26H26F3N5O2/c27-26(28,29)19-11-12-22(30-17-19)34-15-13-21(14-16-34)32-25(36)33-23(18-7-3-1-4-8-18)24(35)31-20-9-5-2-6-10-20/h1-12,17,21,23H,13-16H2,(H,31,35)(H2,32,33,36). The van der Waals surface area contributed by atoms with Gasteiger partial charge in [0, 0.05) is 31.0 Å². The van der Waals surface area contributed by atoms with E-state index in [1.807, 2.05) is 17.0 Å². The molecule has 188 valence electrons. The summed E-state index contributed by atoms with van der Waals surface area (Å²) in [6.45, 7) is 1.06. The summed E-state index contributed by atoms with van der Waals surface area (Å²) in [6, 6.07) is 18.8. The molecule has 0 aliphatic carbocycles. The minimum Gasteiger partial charge on any atom is -0.356 e. The van der Waals surface area contributed by atoms with Crippen LogP contribution in [0.25, 0.3) is 0 Å². The van der Waals surface area contributed by atoms with Gasteiger partial charge in [-0.05, 0) is 42.7 Å². The zero-order valence-corrected chi connectivity index (χ0v) is 19.3. The zero-order valence-electron chi connectivity index (χ0n) is 19.3. The van der Waals surface area contributed by atoms with Crippen LogP contribution in [0.15, 0.2) is 79.0 Å². The summed E-state index contributed by atoms with van der Waals surface area (Å²) < 4.78 is 38.3. The number of carbonyl (C=O) groups is 2. The number of piperidine rings is 1. The van der Waals surface area contributed by atoms with Crippen LogP contribution in [-0.2, 0) is 11.0 Å². The van der Waals surface area contributed by atoms with Gasteiger partial charge < -0.3 is 20.9 Å². The average Bonchev–Trinajstić information content (AvgIpc) is 2.88. The highest BCUT2D eigenvalue weighted by Crippen LogP contribution is 2.29. The Morgan fingerprint density at radius 3 is 2.14 bits per heavy atom. The SMILES string of the molecule is O=C(NC1CCN(c2ccc(C(F)(F)F)cn2)CC1)NC(C(=O)Nc1ccccc1)c1ccccc1. The minimum atomic E-state index is -4.43. The maximum atomic E-state index is 13.0. The molecule has 1 aromatic heterocycles. The molecule has 10 heteroatoms. The highest BCUT2D eigenvalue weighted by atomic mass is 19.4. The lowest BCUT2D eigenvalue weighted by molar-refractivity contribution is -0.137. The van der Waals surface area contributed by atoms with Crippen LogP contribution < -0.4 is 20.9 Å². The molecule has 1 saturated heterocycles. The Morgan fingerprint density at radius 2 is 1.56 bits per heavy atom. The van der Waals surface area contributed by atoms with Crippen LogP contribution in [0.3, 0.4) is 0 Å². The monoisotopic (exact) mass is 497 g/mol. The van der Waals surface area contributed by atoms with Gasteiger partial charge in [0.05, 0.1) is 5.56 Å². The summed E-state index contributed by atoms with van der Waals surface area (Å²) in [7, 11) is 0. The number of rotatable bonds is 6. The predicted octanol–water partition coefficient (Wildman–Crippen LogP) is 4.75. The van der Waals surface area contributed by atoms with E-state index in [9.17, 15) is 22.8 Å². The molecular weight excluding hydrogens is 471 g/mol. The fourth-order valence-corrected chi connectivity index (χ4v) is 4.03. The molecule has 1 unspecified atom stereocenters. The smallest absolute Gasteiger partial charge is 0.356 e. The Balaban J connectivity index is 1.33. The van der Waals surface area contributed by atoms with Crippen LogP contribution in [0, 0.1) is 0 Å². The number of nitrogens with one attached hydrogen (secondary N) is 3. The fourth-order valence-electron chi connectivity index (χ4n) is 4.03. The molecule has 1 aliphatic heterocycles. The van der Waals surface area contributed by atoms with E-state index in [1.54, 1.807) is 48.5 Å². The molecule has 4 rings (SSSR count). The number of urea groups is 1. The van der Waals surface area contributed by atoms with E-state index in [4.69, 9.17) is 0 Å². The van der Waals surface area contributed by atoms with Gasteiger partial charge in [0.15, 0.2) is 0 Å². The number of amides is 3. The largest absolute Gasteiger partial charge is 0.417 e. The van der Waals surface area contributed by atoms with Gasteiger partial charge in [-0.2, -0.15) is 13.2 Å². The molecule has 36 heavy (non-hydrogen) atoms. The van der Waals surface area contributed by atoms with Gasteiger partial charge in [-0.3, -0.25) is 4.79 Å². The highest BCUT2D eigenvalue weighted by Gasteiger charge is 2.31.